The third kappa shape index (κ3) is 3.68. The second kappa shape index (κ2) is 7.08. The number of urea groups is 1. The van der Waals surface area contributed by atoms with Gasteiger partial charge in [0.1, 0.15) is 5.54 Å². The van der Waals surface area contributed by atoms with Crippen molar-refractivity contribution in [1.82, 2.24) is 15.8 Å². The molecule has 1 saturated heterocycles. The molecule has 3 atom stereocenters. The van der Waals surface area contributed by atoms with Crippen molar-refractivity contribution in [3.63, 3.8) is 0 Å². The van der Waals surface area contributed by atoms with Crippen molar-refractivity contribution in [3.8, 4) is 0 Å². The molecule has 4 amide bonds. The van der Waals surface area contributed by atoms with E-state index in [1.54, 1.807) is 6.92 Å². The highest BCUT2D eigenvalue weighted by Crippen LogP contribution is 2.59. The first-order chi connectivity index (χ1) is 13.1. The van der Waals surface area contributed by atoms with Gasteiger partial charge in [0.2, 0.25) is 5.91 Å². The van der Waals surface area contributed by atoms with Gasteiger partial charge in [-0.1, -0.05) is 55.8 Å². The molecule has 6 heteroatoms. The number of benzene rings is 1. The number of nitrogens with one attached hydrogen (secondary N) is 2. The van der Waals surface area contributed by atoms with E-state index >= 15 is 0 Å². The summed E-state index contributed by atoms with van der Waals surface area (Å²) in [6, 6.07) is 9.23. The molecule has 150 valence electrons. The Hall–Kier alpha value is -2.63. The van der Waals surface area contributed by atoms with Gasteiger partial charge in [-0.25, -0.2) is 4.79 Å². The molecule has 0 spiro atoms. The molecular weight excluding hydrogens is 354 g/mol. The Bertz CT molecular complexity index is 827. The van der Waals surface area contributed by atoms with Gasteiger partial charge in [-0.3, -0.25) is 15.0 Å². The second-order valence-electron chi connectivity index (χ2n) is 8.93. The maximum atomic E-state index is 12.9. The second-order valence-corrected chi connectivity index (χ2v) is 8.93. The van der Waals surface area contributed by atoms with Crippen molar-refractivity contribution in [3.05, 3.63) is 47.5 Å². The lowest BCUT2D eigenvalue weighted by Crippen LogP contribution is -2.49. The summed E-state index contributed by atoms with van der Waals surface area (Å²) in [6.45, 7) is 9.75. The van der Waals surface area contributed by atoms with Gasteiger partial charge in [0.05, 0.1) is 5.92 Å². The summed E-state index contributed by atoms with van der Waals surface area (Å²) >= 11 is 0. The number of hydrogen-bond donors (Lipinski definition) is 2. The van der Waals surface area contributed by atoms with Crippen LogP contribution in [0.15, 0.2) is 42.0 Å². The van der Waals surface area contributed by atoms with Gasteiger partial charge in [0.15, 0.2) is 0 Å². The van der Waals surface area contributed by atoms with Crippen LogP contribution in [0, 0.1) is 17.3 Å². The standard InChI is InChI=1S/C22H29N3O3/c1-14(2)13-16-17(21(16,3)4)18(26)24-25-19(27)22(5,23-20(25)28)12-11-15-9-7-6-8-10-15/h6-10,13,16-17H,11-12H2,1-5H3,(H,23,28)(H,24,26). The third-order valence-corrected chi connectivity index (χ3v) is 5.95. The maximum absolute atomic E-state index is 12.9. The molecule has 1 aromatic carbocycles. The van der Waals surface area contributed by atoms with Crippen molar-refractivity contribution in [2.24, 2.45) is 17.3 Å². The van der Waals surface area contributed by atoms with E-state index in [9.17, 15) is 14.4 Å². The third-order valence-electron chi connectivity index (χ3n) is 5.95. The summed E-state index contributed by atoms with van der Waals surface area (Å²) in [5.41, 5.74) is 3.59. The minimum atomic E-state index is -1.03. The minimum Gasteiger partial charge on any atom is -0.322 e. The molecule has 1 aliphatic carbocycles. The van der Waals surface area contributed by atoms with Gasteiger partial charge in [0, 0.05) is 0 Å². The summed E-state index contributed by atoms with van der Waals surface area (Å²) < 4.78 is 0. The van der Waals surface area contributed by atoms with Gasteiger partial charge in [-0.05, 0) is 50.5 Å². The topological polar surface area (TPSA) is 78.5 Å². The first-order valence-corrected chi connectivity index (χ1v) is 9.72. The Balaban J connectivity index is 1.65. The lowest BCUT2D eigenvalue weighted by Gasteiger charge is -2.21. The highest BCUT2D eigenvalue weighted by Gasteiger charge is 2.61. The van der Waals surface area contributed by atoms with Crippen LogP contribution in [0.1, 0.15) is 46.6 Å². The highest BCUT2D eigenvalue weighted by atomic mass is 16.2. The molecule has 2 N–H and O–H groups in total. The molecule has 3 unspecified atom stereocenters. The van der Waals surface area contributed by atoms with E-state index in [-0.39, 0.29) is 23.2 Å². The molecule has 2 aliphatic rings. The lowest BCUT2D eigenvalue weighted by atomic mass is 9.93. The summed E-state index contributed by atoms with van der Waals surface area (Å²) in [7, 11) is 0. The summed E-state index contributed by atoms with van der Waals surface area (Å²) in [4.78, 5) is 38.0. The number of rotatable bonds is 6. The average Bonchev–Trinajstić information content (AvgIpc) is 3.09. The number of imide groups is 1. The molecular formula is C22H29N3O3. The van der Waals surface area contributed by atoms with Gasteiger partial charge in [0.25, 0.3) is 5.91 Å². The summed E-state index contributed by atoms with van der Waals surface area (Å²) in [6.07, 6.45) is 3.20. The van der Waals surface area contributed by atoms with E-state index in [2.05, 4.69) is 16.8 Å². The van der Waals surface area contributed by atoms with Crippen LogP contribution in [-0.2, 0) is 16.0 Å². The zero-order chi connectivity index (χ0) is 20.7. The van der Waals surface area contributed by atoms with Crippen LogP contribution in [0.2, 0.25) is 0 Å². The van der Waals surface area contributed by atoms with Crippen LogP contribution in [0.25, 0.3) is 0 Å². The van der Waals surface area contributed by atoms with E-state index in [0.29, 0.717) is 12.8 Å². The van der Waals surface area contributed by atoms with Crippen molar-refractivity contribution < 1.29 is 14.4 Å². The zero-order valence-corrected chi connectivity index (χ0v) is 17.2. The molecule has 2 fully saturated rings. The Labute approximate surface area is 166 Å². The minimum absolute atomic E-state index is 0.114. The van der Waals surface area contributed by atoms with E-state index < -0.39 is 17.5 Å². The Kier molecular flexibility index (Phi) is 5.08. The zero-order valence-electron chi connectivity index (χ0n) is 17.2. The quantitative estimate of drug-likeness (QED) is 0.585. The summed E-state index contributed by atoms with van der Waals surface area (Å²) in [5.74, 6) is -0.843. The maximum Gasteiger partial charge on any atom is 0.344 e. The smallest absolute Gasteiger partial charge is 0.322 e. The number of carbonyl (C=O) groups excluding carboxylic acids is 3. The monoisotopic (exact) mass is 383 g/mol. The molecule has 1 aromatic rings. The number of nitrogens with zero attached hydrogens (tertiary/aromatic N) is 1. The van der Waals surface area contributed by atoms with E-state index in [1.165, 1.54) is 0 Å². The molecule has 1 saturated carbocycles. The molecule has 0 aromatic heterocycles. The number of carbonyl (C=O) groups is 3. The van der Waals surface area contributed by atoms with E-state index in [4.69, 9.17) is 0 Å². The lowest BCUT2D eigenvalue weighted by molar-refractivity contribution is -0.139. The van der Waals surface area contributed by atoms with Crippen LogP contribution in [-0.4, -0.2) is 28.4 Å². The van der Waals surface area contributed by atoms with Crippen LogP contribution >= 0.6 is 0 Å². The van der Waals surface area contributed by atoms with Crippen molar-refractivity contribution >= 4 is 17.8 Å². The normalized spacial score (nSPS) is 28.0. The molecule has 3 rings (SSSR count). The number of aryl methyl sites for hydroxylation is 1. The molecule has 6 nitrogen and oxygen atoms in total. The fraction of sp³-hybridized carbons (Fsp3) is 0.500. The first-order valence-electron chi connectivity index (χ1n) is 9.72. The van der Waals surface area contributed by atoms with Crippen molar-refractivity contribution in [2.75, 3.05) is 0 Å². The number of hydrazine groups is 1. The van der Waals surface area contributed by atoms with Crippen LogP contribution in [0.3, 0.4) is 0 Å². The van der Waals surface area contributed by atoms with Gasteiger partial charge < -0.3 is 5.32 Å². The van der Waals surface area contributed by atoms with Gasteiger partial charge >= 0.3 is 6.03 Å². The van der Waals surface area contributed by atoms with E-state index in [1.807, 2.05) is 58.0 Å². The molecule has 1 heterocycles. The van der Waals surface area contributed by atoms with Crippen molar-refractivity contribution in [1.29, 1.82) is 0 Å². The first kappa shape index (κ1) is 20.1. The van der Waals surface area contributed by atoms with Gasteiger partial charge in [-0.15, -0.1) is 0 Å². The average molecular weight is 383 g/mol. The van der Waals surface area contributed by atoms with E-state index in [0.717, 1.165) is 16.1 Å². The predicted octanol–water partition coefficient (Wildman–Crippen LogP) is 3.20. The highest BCUT2D eigenvalue weighted by molar-refractivity contribution is 6.08. The number of amides is 4. The predicted molar refractivity (Wildman–Crippen MR) is 107 cm³/mol. The summed E-state index contributed by atoms with van der Waals surface area (Å²) in [5, 5.41) is 3.59. The van der Waals surface area contributed by atoms with Crippen molar-refractivity contribution in [2.45, 2.75) is 53.0 Å². The number of allylic oxidation sites excluding steroid dienone is 2. The molecule has 0 radical (unpaired) electrons. The van der Waals surface area contributed by atoms with Crippen LogP contribution in [0.4, 0.5) is 4.79 Å². The van der Waals surface area contributed by atoms with Crippen LogP contribution < -0.4 is 10.7 Å². The Morgan fingerprint density at radius 3 is 2.43 bits per heavy atom. The molecule has 0 bridgehead atoms. The molecule has 1 aliphatic heterocycles. The molecule has 28 heavy (non-hydrogen) atoms. The largest absolute Gasteiger partial charge is 0.344 e. The fourth-order valence-electron chi connectivity index (χ4n) is 4.02. The Morgan fingerprint density at radius 2 is 1.82 bits per heavy atom. The fourth-order valence-corrected chi connectivity index (χ4v) is 4.02. The SMILES string of the molecule is CC(C)=CC1C(C(=O)NN2C(=O)NC(C)(CCc3ccccc3)C2=O)C1(C)C. The number of hydrogen-bond acceptors (Lipinski definition) is 3. The van der Waals surface area contributed by atoms with Gasteiger partial charge in [-0.2, -0.15) is 5.01 Å². The van der Waals surface area contributed by atoms with Crippen LogP contribution in [0.5, 0.6) is 0 Å². The Morgan fingerprint density at radius 1 is 1.18 bits per heavy atom.